The Morgan fingerprint density at radius 1 is 1.23 bits per heavy atom. The fraction of sp³-hybridized carbons (Fsp3) is 0.238. The largest absolute Gasteiger partial charge is 0.368 e. The van der Waals surface area contributed by atoms with Gasteiger partial charge < -0.3 is 15.5 Å². The fourth-order valence-corrected chi connectivity index (χ4v) is 5.77. The smallest absolute Gasteiger partial charge is 0.266 e. The van der Waals surface area contributed by atoms with Gasteiger partial charge in [0.05, 0.1) is 27.6 Å². The summed E-state index contributed by atoms with van der Waals surface area (Å²) in [5.41, 5.74) is 2.99. The molecule has 0 spiro atoms. The van der Waals surface area contributed by atoms with E-state index in [-0.39, 0.29) is 40.9 Å². The molecule has 1 unspecified atom stereocenters. The highest BCUT2D eigenvalue weighted by Gasteiger charge is 2.26. The molecular formula is C21H21Cl3FN5O3S2. The van der Waals surface area contributed by atoms with E-state index in [4.69, 9.17) is 23.2 Å². The van der Waals surface area contributed by atoms with Crippen molar-refractivity contribution in [2.24, 2.45) is 0 Å². The number of hydrogen-bond donors (Lipinski definition) is 3. The van der Waals surface area contributed by atoms with Crippen LogP contribution in [0, 0.1) is 5.82 Å². The monoisotopic (exact) mass is 579 g/mol. The Morgan fingerprint density at radius 2 is 2.00 bits per heavy atom. The van der Waals surface area contributed by atoms with Crippen molar-refractivity contribution in [2.75, 3.05) is 28.0 Å². The highest BCUT2D eigenvalue weighted by Crippen LogP contribution is 2.37. The van der Waals surface area contributed by atoms with Crippen molar-refractivity contribution in [2.45, 2.75) is 24.3 Å². The van der Waals surface area contributed by atoms with Crippen molar-refractivity contribution in [3.63, 3.8) is 0 Å². The van der Waals surface area contributed by atoms with Crippen LogP contribution in [-0.4, -0.2) is 38.4 Å². The van der Waals surface area contributed by atoms with Crippen molar-refractivity contribution in [1.29, 1.82) is 0 Å². The zero-order chi connectivity index (χ0) is 24.5. The van der Waals surface area contributed by atoms with E-state index in [0.717, 1.165) is 24.2 Å². The predicted octanol–water partition coefficient (Wildman–Crippen LogP) is 5.27. The summed E-state index contributed by atoms with van der Waals surface area (Å²) in [5.74, 6) is -0.980. The minimum Gasteiger partial charge on any atom is -0.368 e. The van der Waals surface area contributed by atoms with E-state index in [9.17, 15) is 17.6 Å². The number of hydrogen-bond acceptors (Lipinski definition) is 7. The summed E-state index contributed by atoms with van der Waals surface area (Å²) in [6.07, 6.45) is 0.763. The second kappa shape index (κ2) is 11.2. The van der Waals surface area contributed by atoms with Gasteiger partial charge in [-0.05, 0) is 30.7 Å². The maximum absolute atomic E-state index is 14.9. The maximum Gasteiger partial charge on any atom is 0.266 e. The molecule has 0 radical (unpaired) electrons. The Labute approximate surface area is 222 Å². The van der Waals surface area contributed by atoms with E-state index in [0.29, 0.717) is 23.8 Å². The number of anilines is 4. The highest BCUT2D eigenvalue weighted by molar-refractivity contribution is 7.92. The van der Waals surface area contributed by atoms with Crippen molar-refractivity contribution in [3.05, 3.63) is 57.1 Å². The summed E-state index contributed by atoms with van der Waals surface area (Å²) in [6.45, 7) is 2.74. The maximum atomic E-state index is 14.9. The van der Waals surface area contributed by atoms with Crippen molar-refractivity contribution in [1.82, 2.24) is 10.3 Å². The lowest BCUT2D eigenvalue weighted by molar-refractivity contribution is -0.119. The lowest BCUT2D eigenvalue weighted by atomic mass is 10.2. The third-order valence-corrected chi connectivity index (χ3v) is 7.65. The van der Waals surface area contributed by atoms with Crippen LogP contribution in [0.25, 0.3) is 0 Å². The number of carbonyl (C=O) groups excluding carboxylic acids is 1. The zero-order valence-corrected chi connectivity index (χ0v) is 22.2. The third-order valence-electron chi connectivity index (χ3n) is 5.15. The van der Waals surface area contributed by atoms with Gasteiger partial charge in [0.2, 0.25) is 5.91 Å². The summed E-state index contributed by atoms with van der Waals surface area (Å²) in [6, 6.07) is 7.25. The minimum atomic E-state index is -4.22. The molecule has 0 bridgehead atoms. The first-order chi connectivity index (χ1) is 16.1. The Hall–Kier alpha value is -2.31. The van der Waals surface area contributed by atoms with Crippen molar-refractivity contribution >= 4 is 85.8 Å². The van der Waals surface area contributed by atoms with Crippen molar-refractivity contribution < 1.29 is 17.6 Å². The van der Waals surface area contributed by atoms with E-state index < -0.39 is 20.7 Å². The molecule has 4 rings (SSSR count). The summed E-state index contributed by atoms with van der Waals surface area (Å²) < 4.78 is 42.3. The number of nitrogens with one attached hydrogen (secondary N) is 3. The van der Waals surface area contributed by atoms with Gasteiger partial charge >= 0.3 is 0 Å². The normalized spacial score (nSPS) is 15.4. The molecule has 1 aromatic heterocycles. The number of nitrogens with zero attached hydrogens (tertiary/aromatic N) is 2. The van der Waals surface area contributed by atoms with E-state index in [1.54, 1.807) is 18.2 Å². The molecule has 35 heavy (non-hydrogen) atoms. The molecule has 1 atom stereocenters. The first-order valence-electron chi connectivity index (χ1n) is 10.1. The zero-order valence-electron chi connectivity index (χ0n) is 18.2. The molecule has 2 aromatic carbocycles. The number of rotatable bonds is 7. The first kappa shape index (κ1) is 27.3. The van der Waals surface area contributed by atoms with E-state index in [2.05, 4.69) is 25.2 Å². The summed E-state index contributed by atoms with van der Waals surface area (Å²) in [4.78, 5) is 16.7. The molecule has 0 aliphatic carbocycles. The fourth-order valence-electron chi connectivity index (χ4n) is 3.69. The van der Waals surface area contributed by atoms with Gasteiger partial charge in [0.15, 0.2) is 5.82 Å². The van der Waals surface area contributed by atoms with Crippen molar-refractivity contribution in [3.8, 4) is 0 Å². The molecule has 14 heteroatoms. The molecule has 1 aliphatic rings. The molecule has 0 saturated carbocycles. The van der Waals surface area contributed by atoms with Crippen LogP contribution in [0.15, 0.2) is 46.1 Å². The predicted molar refractivity (Wildman–Crippen MR) is 141 cm³/mol. The number of amides is 1. The van der Waals surface area contributed by atoms with Crippen LogP contribution >= 0.6 is 46.9 Å². The second-order valence-electron chi connectivity index (χ2n) is 7.66. The van der Waals surface area contributed by atoms with Crippen LogP contribution in [-0.2, 0) is 14.8 Å². The molecule has 8 nitrogen and oxygen atoms in total. The molecule has 1 fully saturated rings. The summed E-state index contributed by atoms with van der Waals surface area (Å²) in [7, 11) is -4.22. The SMILES string of the molecule is CC(=O)NC1CCN(c2cc(Cl)ccc2Nc2cc(F)c(S(=O)(=O)Nc3cscn3)cc2Cl)C1.Cl. The number of benzene rings is 2. The molecule has 3 aromatic rings. The number of carbonyl (C=O) groups is 1. The Balaban J connectivity index is 0.00000342. The molecule has 1 aliphatic heterocycles. The lowest BCUT2D eigenvalue weighted by Gasteiger charge is -2.23. The van der Waals surface area contributed by atoms with Gasteiger partial charge in [-0.25, -0.2) is 17.8 Å². The van der Waals surface area contributed by atoms with E-state index >= 15 is 0 Å². The van der Waals surface area contributed by atoms with Crippen LogP contribution in [0.1, 0.15) is 13.3 Å². The third kappa shape index (κ3) is 6.47. The highest BCUT2D eigenvalue weighted by atomic mass is 35.5. The van der Waals surface area contributed by atoms with Crippen LogP contribution in [0.4, 0.5) is 27.3 Å². The Bertz CT molecular complexity index is 1330. The number of halogens is 4. The van der Waals surface area contributed by atoms with Crippen LogP contribution in [0.5, 0.6) is 0 Å². The standard InChI is InChI=1S/C21H20Cl2FN5O3S2.ClH/c1-12(30)26-14-4-5-29(9-14)19-6-13(22)2-3-17(19)27-18-8-16(24)20(7-15(18)23)34(31,32)28-21-10-33-11-25-21;/h2-3,6-8,10-11,14,27-28H,4-5,9H2,1H3,(H,26,30);1H. The Kier molecular flexibility index (Phi) is 8.71. The number of aromatic nitrogens is 1. The second-order valence-corrected chi connectivity index (χ2v) is 10.9. The quantitative estimate of drug-likeness (QED) is 0.352. The first-order valence-corrected chi connectivity index (χ1v) is 13.3. The number of thiazole rings is 1. The molecule has 2 heterocycles. The topological polar surface area (TPSA) is 103 Å². The average molecular weight is 581 g/mol. The molecular weight excluding hydrogens is 560 g/mol. The minimum absolute atomic E-state index is 0. The van der Waals surface area contributed by atoms with E-state index in [1.165, 1.54) is 29.2 Å². The summed E-state index contributed by atoms with van der Waals surface area (Å²) >= 11 is 13.8. The van der Waals surface area contributed by atoms with Gasteiger partial charge in [0.1, 0.15) is 10.7 Å². The van der Waals surface area contributed by atoms with Gasteiger partial charge in [-0.15, -0.1) is 23.7 Å². The van der Waals surface area contributed by atoms with Gasteiger partial charge in [-0.2, -0.15) is 0 Å². The molecule has 3 N–H and O–H groups in total. The van der Waals surface area contributed by atoms with Crippen LogP contribution < -0.4 is 20.3 Å². The Morgan fingerprint density at radius 3 is 2.69 bits per heavy atom. The van der Waals surface area contributed by atoms with Gasteiger partial charge in [-0.3, -0.25) is 9.52 Å². The molecule has 188 valence electrons. The molecule has 1 saturated heterocycles. The van der Waals surface area contributed by atoms with Crippen LogP contribution in [0.2, 0.25) is 10.0 Å². The average Bonchev–Trinajstić information content (AvgIpc) is 3.43. The molecule has 1 amide bonds. The lowest BCUT2D eigenvalue weighted by Crippen LogP contribution is -2.35. The van der Waals surface area contributed by atoms with Gasteiger partial charge in [0.25, 0.3) is 10.0 Å². The summed E-state index contributed by atoms with van der Waals surface area (Å²) in [5, 5.41) is 8.00. The van der Waals surface area contributed by atoms with Crippen LogP contribution in [0.3, 0.4) is 0 Å². The number of sulfonamides is 1. The van der Waals surface area contributed by atoms with Gasteiger partial charge in [0, 0.05) is 42.5 Å². The van der Waals surface area contributed by atoms with Gasteiger partial charge in [-0.1, -0.05) is 23.2 Å². The van der Waals surface area contributed by atoms with E-state index in [1.807, 2.05) is 0 Å².